The molecule has 0 spiro atoms. The highest BCUT2D eigenvalue weighted by atomic mass is 35.5. The van der Waals surface area contributed by atoms with Crippen molar-refractivity contribution in [2.75, 3.05) is 12.4 Å². The van der Waals surface area contributed by atoms with E-state index in [1.807, 2.05) is 36.4 Å². The molecule has 30 heavy (non-hydrogen) atoms. The monoisotopic (exact) mass is 439 g/mol. The van der Waals surface area contributed by atoms with E-state index in [2.05, 4.69) is 5.32 Å². The Kier molecular flexibility index (Phi) is 6.53. The SMILES string of the molecule is CN(Cc1ccccc1)S(=O)(=O)c1ccc(Cl)c(C(=O)Nc2ccc(C#N)cc2)c1. The molecule has 0 unspecified atom stereocenters. The molecule has 0 bridgehead atoms. The summed E-state index contributed by atoms with van der Waals surface area (Å²) in [6, 6.07) is 21.5. The first-order valence-corrected chi connectivity index (χ1v) is 10.7. The third kappa shape index (κ3) is 4.86. The van der Waals surface area contributed by atoms with Crippen LogP contribution in [0.1, 0.15) is 21.5 Å². The third-order valence-electron chi connectivity index (χ3n) is 4.41. The molecule has 0 aliphatic heterocycles. The number of anilines is 1. The number of nitrogens with zero attached hydrogens (tertiary/aromatic N) is 2. The van der Waals surface area contributed by atoms with Gasteiger partial charge in [-0.1, -0.05) is 41.9 Å². The van der Waals surface area contributed by atoms with E-state index in [0.29, 0.717) is 11.3 Å². The van der Waals surface area contributed by atoms with Crippen LogP contribution in [0.4, 0.5) is 5.69 Å². The first-order valence-electron chi connectivity index (χ1n) is 8.92. The molecule has 1 N–H and O–H groups in total. The van der Waals surface area contributed by atoms with E-state index in [-0.39, 0.29) is 22.0 Å². The summed E-state index contributed by atoms with van der Waals surface area (Å²) in [7, 11) is -2.35. The van der Waals surface area contributed by atoms with Gasteiger partial charge in [0.1, 0.15) is 0 Å². The summed E-state index contributed by atoms with van der Waals surface area (Å²) < 4.78 is 27.2. The molecule has 3 aromatic rings. The zero-order valence-electron chi connectivity index (χ0n) is 16.0. The number of hydrogen-bond donors (Lipinski definition) is 1. The summed E-state index contributed by atoms with van der Waals surface area (Å²) in [6.07, 6.45) is 0. The van der Waals surface area contributed by atoms with Crippen molar-refractivity contribution in [2.45, 2.75) is 11.4 Å². The van der Waals surface area contributed by atoms with E-state index in [4.69, 9.17) is 16.9 Å². The van der Waals surface area contributed by atoms with Crippen LogP contribution in [0, 0.1) is 11.3 Å². The summed E-state index contributed by atoms with van der Waals surface area (Å²) in [5.74, 6) is -0.549. The van der Waals surface area contributed by atoms with Crippen molar-refractivity contribution in [3.8, 4) is 6.07 Å². The van der Waals surface area contributed by atoms with E-state index in [9.17, 15) is 13.2 Å². The van der Waals surface area contributed by atoms with Crippen molar-refractivity contribution in [1.82, 2.24) is 4.31 Å². The van der Waals surface area contributed by atoms with Gasteiger partial charge in [-0.15, -0.1) is 0 Å². The maximum atomic E-state index is 13.0. The second-order valence-electron chi connectivity index (χ2n) is 6.53. The molecule has 0 saturated heterocycles. The lowest BCUT2D eigenvalue weighted by molar-refractivity contribution is 0.102. The summed E-state index contributed by atoms with van der Waals surface area (Å²) in [5.41, 5.74) is 1.80. The molecule has 0 heterocycles. The Labute approximate surface area is 180 Å². The molecule has 0 aliphatic carbocycles. The molecular formula is C22H18ClN3O3S. The summed E-state index contributed by atoms with van der Waals surface area (Å²) >= 11 is 6.15. The molecule has 0 radical (unpaired) electrons. The predicted molar refractivity (Wildman–Crippen MR) is 116 cm³/mol. The van der Waals surface area contributed by atoms with Gasteiger partial charge in [-0.25, -0.2) is 8.42 Å². The minimum Gasteiger partial charge on any atom is -0.322 e. The minimum absolute atomic E-state index is 0.0321. The molecule has 0 aromatic heterocycles. The van der Waals surface area contributed by atoms with Gasteiger partial charge < -0.3 is 5.32 Å². The quantitative estimate of drug-likeness (QED) is 0.620. The van der Waals surface area contributed by atoms with Gasteiger partial charge in [0.05, 0.1) is 27.1 Å². The van der Waals surface area contributed by atoms with Gasteiger partial charge in [0.15, 0.2) is 0 Å². The number of halogens is 1. The highest BCUT2D eigenvalue weighted by Gasteiger charge is 2.23. The number of nitrogens with one attached hydrogen (secondary N) is 1. The van der Waals surface area contributed by atoms with Crippen LogP contribution in [-0.2, 0) is 16.6 Å². The third-order valence-corrected chi connectivity index (χ3v) is 6.54. The molecule has 1 amide bonds. The van der Waals surface area contributed by atoms with Gasteiger partial charge in [-0.2, -0.15) is 9.57 Å². The number of sulfonamides is 1. The minimum atomic E-state index is -3.83. The van der Waals surface area contributed by atoms with E-state index < -0.39 is 15.9 Å². The molecule has 8 heteroatoms. The zero-order chi connectivity index (χ0) is 21.7. The van der Waals surface area contributed by atoms with E-state index in [1.54, 1.807) is 24.3 Å². The molecule has 0 fully saturated rings. The lowest BCUT2D eigenvalue weighted by atomic mass is 10.2. The van der Waals surface area contributed by atoms with Crippen LogP contribution in [0.5, 0.6) is 0 Å². The zero-order valence-corrected chi connectivity index (χ0v) is 17.6. The molecule has 6 nitrogen and oxygen atoms in total. The van der Waals surface area contributed by atoms with E-state index in [0.717, 1.165) is 5.56 Å². The smallest absolute Gasteiger partial charge is 0.257 e. The normalized spacial score (nSPS) is 11.1. The highest BCUT2D eigenvalue weighted by molar-refractivity contribution is 7.89. The predicted octanol–water partition coefficient (Wildman–Crippen LogP) is 4.28. The van der Waals surface area contributed by atoms with Gasteiger partial charge in [-0.05, 0) is 48.0 Å². The van der Waals surface area contributed by atoms with Crippen LogP contribution >= 0.6 is 11.6 Å². The van der Waals surface area contributed by atoms with Crippen LogP contribution in [-0.4, -0.2) is 25.7 Å². The lowest BCUT2D eigenvalue weighted by Crippen LogP contribution is -2.27. The topological polar surface area (TPSA) is 90.3 Å². The van der Waals surface area contributed by atoms with Gasteiger partial charge in [0, 0.05) is 19.3 Å². The fraction of sp³-hybridized carbons (Fsp3) is 0.0909. The summed E-state index contributed by atoms with van der Waals surface area (Å²) in [5, 5.41) is 11.6. The molecule has 3 aromatic carbocycles. The Balaban J connectivity index is 1.84. The van der Waals surface area contributed by atoms with Crippen LogP contribution in [0.2, 0.25) is 5.02 Å². The molecule has 0 atom stereocenters. The Morgan fingerprint density at radius 3 is 2.37 bits per heavy atom. The number of rotatable bonds is 6. The molecule has 0 aliphatic rings. The van der Waals surface area contributed by atoms with Crippen molar-refractivity contribution in [2.24, 2.45) is 0 Å². The van der Waals surface area contributed by atoms with Crippen LogP contribution in [0.15, 0.2) is 77.7 Å². The van der Waals surface area contributed by atoms with Crippen molar-refractivity contribution >= 4 is 33.2 Å². The summed E-state index contributed by atoms with van der Waals surface area (Å²) in [6.45, 7) is 0.193. The fourth-order valence-corrected chi connectivity index (χ4v) is 4.16. The lowest BCUT2D eigenvalue weighted by Gasteiger charge is -2.18. The molecular weight excluding hydrogens is 422 g/mol. The Morgan fingerprint density at radius 1 is 1.07 bits per heavy atom. The molecule has 152 valence electrons. The van der Waals surface area contributed by atoms with Gasteiger partial charge in [0.2, 0.25) is 10.0 Å². The number of benzene rings is 3. The molecule has 0 saturated carbocycles. The maximum Gasteiger partial charge on any atom is 0.257 e. The number of carbonyl (C=O) groups is 1. The van der Waals surface area contributed by atoms with Gasteiger partial charge >= 0.3 is 0 Å². The Morgan fingerprint density at radius 2 is 1.73 bits per heavy atom. The first-order chi connectivity index (χ1) is 14.3. The number of nitriles is 1. The van der Waals surface area contributed by atoms with E-state index >= 15 is 0 Å². The molecule has 3 rings (SSSR count). The van der Waals surface area contributed by atoms with Crippen LogP contribution in [0.25, 0.3) is 0 Å². The number of carbonyl (C=O) groups excluding carboxylic acids is 1. The van der Waals surface area contributed by atoms with E-state index in [1.165, 1.54) is 29.6 Å². The second-order valence-corrected chi connectivity index (χ2v) is 8.98. The van der Waals surface area contributed by atoms with Crippen molar-refractivity contribution in [3.63, 3.8) is 0 Å². The second kappa shape index (κ2) is 9.09. The largest absolute Gasteiger partial charge is 0.322 e. The standard InChI is InChI=1S/C22H18ClN3O3S/c1-26(15-17-5-3-2-4-6-17)30(28,29)19-11-12-21(23)20(13-19)22(27)25-18-9-7-16(14-24)8-10-18/h2-13H,15H2,1H3,(H,25,27). The van der Waals surface area contributed by atoms with Crippen molar-refractivity contribution in [1.29, 1.82) is 5.26 Å². The van der Waals surface area contributed by atoms with Crippen molar-refractivity contribution < 1.29 is 13.2 Å². The fourth-order valence-electron chi connectivity index (χ4n) is 2.77. The average Bonchev–Trinajstić information content (AvgIpc) is 2.75. The highest BCUT2D eigenvalue weighted by Crippen LogP contribution is 2.24. The summed E-state index contributed by atoms with van der Waals surface area (Å²) in [4.78, 5) is 12.6. The average molecular weight is 440 g/mol. The number of amides is 1. The van der Waals surface area contributed by atoms with Gasteiger partial charge in [-0.3, -0.25) is 4.79 Å². The van der Waals surface area contributed by atoms with Crippen molar-refractivity contribution in [3.05, 3.63) is 94.5 Å². The van der Waals surface area contributed by atoms with Gasteiger partial charge in [0.25, 0.3) is 5.91 Å². The maximum absolute atomic E-state index is 13.0. The van der Waals surface area contributed by atoms with Crippen LogP contribution in [0.3, 0.4) is 0 Å². The Hall–Kier alpha value is -3.18. The first kappa shape index (κ1) is 21.5. The Bertz CT molecular complexity index is 1200. The van der Waals surface area contributed by atoms with Crippen LogP contribution < -0.4 is 5.32 Å². The number of hydrogen-bond acceptors (Lipinski definition) is 4.